The van der Waals surface area contributed by atoms with Gasteiger partial charge in [0.1, 0.15) is 0 Å². The van der Waals surface area contributed by atoms with Crippen LogP contribution < -0.4 is 5.32 Å². The molecule has 1 unspecified atom stereocenters. The molecule has 1 atom stereocenters. The van der Waals surface area contributed by atoms with Crippen molar-refractivity contribution in [2.45, 2.75) is 19.3 Å². The second kappa shape index (κ2) is 4.67. The average molecular weight is 224 g/mol. The highest BCUT2D eigenvalue weighted by Gasteiger charge is 2.21. The minimum atomic E-state index is 0.122. The summed E-state index contributed by atoms with van der Waals surface area (Å²) in [5, 5.41) is 3.63. The molecule has 80 valence electrons. The first kappa shape index (κ1) is 10.5. The number of rotatable bonds is 2. The van der Waals surface area contributed by atoms with Gasteiger partial charge in [-0.05, 0) is 37.0 Å². The van der Waals surface area contributed by atoms with Crippen LogP contribution in [-0.2, 0) is 11.2 Å². The predicted octanol–water partition coefficient (Wildman–Crippen LogP) is 2.41. The Kier molecular flexibility index (Phi) is 3.27. The van der Waals surface area contributed by atoms with E-state index < -0.39 is 0 Å². The van der Waals surface area contributed by atoms with Gasteiger partial charge in [0.05, 0.1) is 0 Å². The number of piperidine rings is 1. The molecular formula is C12H14ClNO. The molecule has 2 rings (SSSR count). The second-order valence-electron chi connectivity index (χ2n) is 3.96. The predicted molar refractivity (Wildman–Crippen MR) is 60.9 cm³/mol. The minimum Gasteiger partial charge on any atom is -0.356 e. The first-order valence-electron chi connectivity index (χ1n) is 5.28. The van der Waals surface area contributed by atoms with Crippen LogP contribution in [0.3, 0.4) is 0 Å². The zero-order chi connectivity index (χ0) is 10.7. The molecule has 0 saturated carbocycles. The SMILES string of the molecule is O=C1NCCCC1Cc1cccc(Cl)c1. The van der Waals surface area contributed by atoms with Gasteiger partial charge in [0.15, 0.2) is 0 Å². The van der Waals surface area contributed by atoms with Crippen molar-refractivity contribution in [2.24, 2.45) is 5.92 Å². The molecule has 1 aliphatic heterocycles. The van der Waals surface area contributed by atoms with Crippen molar-refractivity contribution < 1.29 is 4.79 Å². The van der Waals surface area contributed by atoms with Gasteiger partial charge in [-0.1, -0.05) is 23.7 Å². The van der Waals surface area contributed by atoms with Crippen molar-refractivity contribution in [2.75, 3.05) is 6.54 Å². The molecule has 15 heavy (non-hydrogen) atoms. The Morgan fingerprint density at radius 3 is 3.07 bits per heavy atom. The van der Waals surface area contributed by atoms with Gasteiger partial charge in [-0.25, -0.2) is 0 Å². The monoisotopic (exact) mass is 223 g/mol. The summed E-state index contributed by atoms with van der Waals surface area (Å²) in [4.78, 5) is 11.5. The Hall–Kier alpha value is -1.02. The van der Waals surface area contributed by atoms with Crippen molar-refractivity contribution in [3.63, 3.8) is 0 Å². The lowest BCUT2D eigenvalue weighted by Crippen LogP contribution is -2.37. The molecule has 0 radical (unpaired) electrons. The highest BCUT2D eigenvalue weighted by atomic mass is 35.5. The van der Waals surface area contributed by atoms with Crippen molar-refractivity contribution in [1.82, 2.24) is 5.32 Å². The highest BCUT2D eigenvalue weighted by molar-refractivity contribution is 6.30. The Bertz CT molecular complexity index is 364. The number of hydrogen-bond donors (Lipinski definition) is 1. The van der Waals surface area contributed by atoms with Gasteiger partial charge in [-0.15, -0.1) is 0 Å². The van der Waals surface area contributed by atoms with Gasteiger partial charge in [0.25, 0.3) is 0 Å². The molecule has 1 aromatic carbocycles. The summed E-state index contributed by atoms with van der Waals surface area (Å²) in [5.74, 6) is 0.304. The van der Waals surface area contributed by atoms with E-state index in [4.69, 9.17) is 11.6 Å². The van der Waals surface area contributed by atoms with Crippen LogP contribution in [0.4, 0.5) is 0 Å². The lowest BCUT2D eigenvalue weighted by atomic mass is 9.92. The molecule has 1 aliphatic rings. The molecule has 1 amide bonds. The van der Waals surface area contributed by atoms with Gasteiger partial charge in [-0.2, -0.15) is 0 Å². The number of hydrogen-bond acceptors (Lipinski definition) is 1. The van der Waals surface area contributed by atoms with Gasteiger partial charge in [-0.3, -0.25) is 4.79 Å². The first-order valence-corrected chi connectivity index (χ1v) is 5.65. The van der Waals surface area contributed by atoms with E-state index in [1.165, 1.54) is 0 Å². The number of carbonyl (C=O) groups excluding carboxylic acids is 1. The molecule has 2 nitrogen and oxygen atoms in total. The van der Waals surface area contributed by atoms with Crippen LogP contribution >= 0.6 is 11.6 Å². The van der Waals surface area contributed by atoms with Crippen LogP contribution in [0.2, 0.25) is 5.02 Å². The maximum absolute atomic E-state index is 11.5. The molecule has 0 spiro atoms. The van der Waals surface area contributed by atoms with Crippen LogP contribution in [0.5, 0.6) is 0 Å². The average Bonchev–Trinajstić information content (AvgIpc) is 2.22. The fourth-order valence-electron chi connectivity index (χ4n) is 1.98. The molecule has 1 N–H and O–H groups in total. The third kappa shape index (κ3) is 2.72. The quantitative estimate of drug-likeness (QED) is 0.820. The molecule has 3 heteroatoms. The van der Waals surface area contributed by atoms with Crippen LogP contribution in [0.1, 0.15) is 18.4 Å². The molecule has 0 bridgehead atoms. The second-order valence-corrected chi connectivity index (χ2v) is 4.40. The van der Waals surface area contributed by atoms with E-state index in [1.807, 2.05) is 24.3 Å². The molecule has 0 aromatic heterocycles. The number of nitrogens with one attached hydrogen (secondary N) is 1. The number of halogens is 1. The van der Waals surface area contributed by atoms with Crippen molar-refractivity contribution in [3.05, 3.63) is 34.9 Å². The lowest BCUT2D eigenvalue weighted by Gasteiger charge is -2.21. The Morgan fingerprint density at radius 1 is 1.47 bits per heavy atom. The largest absolute Gasteiger partial charge is 0.356 e. The third-order valence-corrected chi connectivity index (χ3v) is 3.01. The summed E-state index contributed by atoms with van der Waals surface area (Å²) in [6, 6.07) is 7.74. The van der Waals surface area contributed by atoms with Gasteiger partial charge >= 0.3 is 0 Å². The van der Waals surface area contributed by atoms with E-state index in [1.54, 1.807) is 0 Å². The zero-order valence-electron chi connectivity index (χ0n) is 8.50. The maximum Gasteiger partial charge on any atom is 0.223 e. The third-order valence-electron chi connectivity index (χ3n) is 2.77. The summed E-state index contributed by atoms with van der Waals surface area (Å²) in [6.45, 7) is 0.824. The topological polar surface area (TPSA) is 29.1 Å². The van der Waals surface area contributed by atoms with Crippen molar-refractivity contribution in [1.29, 1.82) is 0 Å². The molecule has 1 aromatic rings. The molecule has 1 saturated heterocycles. The molecule has 1 fully saturated rings. The van der Waals surface area contributed by atoms with E-state index in [0.717, 1.165) is 36.4 Å². The van der Waals surface area contributed by atoms with Gasteiger partial charge in [0, 0.05) is 17.5 Å². The summed E-state index contributed by atoms with van der Waals surface area (Å²) in [5.41, 5.74) is 1.14. The Morgan fingerprint density at radius 2 is 2.33 bits per heavy atom. The van der Waals surface area contributed by atoms with Crippen molar-refractivity contribution >= 4 is 17.5 Å². The maximum atomic E-state index is 11.5. The standard InChI is InChI=1S/C12H14ClNO/c13-11-5-1-3-9(8-11)7-10-4-2-6-14-12(10)15/h1,3,5,8,10H,2,4,6-7H2,(H,14,15). The van der Waals surface area contributed by atoms with Crippen LogP contribution in [0.15, 0.2) is 24.3 Å². The van der Waals surface area contributed by atoms with E-state index in [-0.39, 0.29) is 11.8 Å². The number of benzene rings is 1. The lowest BCUT2D eigenvalue weighted by molar-refractivity contribution is -0.126. The fourth-order valence-corrected chi connectivity index (χ4v) is 2.19. The van der Waals surface area contributed by atoms with Crippen molar-refractivity contribution in [3.8, 4) is 0 Å². The Labute approximate surface area is 94.6 Å². The number of carbonyl (C=O) groups is 1. The van der Waals surface area contributed by atoms with Crippen LogP contribution in [-0.4, -0.2) is 12.5 Å². The number of amides is 1. The van der Waals surface area contributed by atoms with Gasteiger partial charge in [0.2, 0.25) is 5.91 Å². The molecule has 1 heterocycles. The fraction of sp³-hybridized carbons (Fsp3) is 0.417. The smallest absolute Gasteiger partial charge is 0.223 e. The van der Waals surface area contributed by atoms with E-state index in [2.05, 4.69) is 5.32 Å². The highest BCUT2D eigenvalue weighted by Crippen LogP contribution is 2.19. The summed E-state index contributed by atoms with van der Waals surface area (Å²) in [7, 11) is 0. The normalized spacial score (nSPS) is 21.1. The molecular weight excluding hydrogens is 210 g/mol. The first-order chi connectivity index (χ1) is 7.25. The van der Waals surface area contributed by atoms with E-state index in [0.29, 0.717) is 0 Å². The van der Waals surface area contributed by atoms with E-state index >= 15 is 0 Å². The van der Waals surface area contributed by atoms with Crippen LogP contribution in [0, 0.1) is 5.92 Å². The summed E-state index contributed by atoms with van der Waals surface area (Å²) < 4.78 is 0. The summed E-state index contributed by atoms with van der Waals surface area (Å²) >= 11 is 5.90. The van der Waals surface area contributed by atoms with E-state index in [9.17, 15) is 4.79 Å². The summed E-state index contributed by atoms with van der Waals surface area (Å²) in [6.07, 6.45) is 2.86. The van der Waals surface area contributed by atoms with Crippen LogP contribution in [0.25, 0.3) is 0 Å². The molecule has 0 aliphatic carbocycles. The van der Waals surface area contributed by atoms with Gasteiger partial charge < -0.3 is 5.32 Å². The zero-order valence-corrected chi connectivity index (χ0v) is 9.26. The minimum absolute atomic E-state index is 0.122. The Balaban J connectivity index is 2.04.